The Morgan fingerprint density at radius 1 is 1.46 bits per heavy atom. The van der Waals surface area contributed by atoms with Crippen LogP contribution in [0.3, 0.4) is 0 Å². The summed E-state index contributed by atoms with van der Waals surface area (Å²) in [5.41, 5.74) is 1.52. The van der Waals surface area contributed by atoms with E-state index in [4.69, 9.17) is 0 Å². The molecule has 2 aliphatic carbocycles. The Balaban J connectivity index is 2.38. The first-order valence-electron chi connectivity index (χ1n) is 5.02. The fraction of sp³-hybridized carbons (Fsp3) is 0.583. The molecule has 0 bridgehead atoms. The predicted molar refractivity (Wildman–Crippen MR) is 53.4 cm³/mol. The third kappa shape index (κ3) is 1.37. The number of carbonyl (C=O) groups is 1. The molecule has 0 aliphatic heterocycles. The van der Waals surface area contributed by atoms with Crippen LogP contribution in [-0.2, 0) is 4.79 Å². The number of allylic oxidation sites excluding steroid dienone is 4. The summed E-state index contributed by atoms with van der Waals surface area (Å²) >= 11 is 0. The van der Waals surface area contributed by atoms with Crippen molar-refractivity contribution >= 4 is 5.78 Å². The van der Waals surface area contributed by atoms with Crippen molar-refractivity contribution in [3.05, 3.63) is 23.8 Å². The van der Waals surface area contributed by atoms with Gasteiger partial charge in [0.1, 0.15) is 0 Å². The zero-order valence-electron chi connectivity index (χ0n) is 8.34. The molecule has 0 saturated heterocycles. The second-order valence-corrected chi connectivity index (χ2v) is 4.62. The van der Waals surface area contributed by atoms with Gasteiger partial charge in [-0.1, -0.05) is 31.6 Å². The number of fused-ring (bicyclic) bond motifs is 1. The normalized spacial score (nSPS) is 38.5. The highest BCUT2D eigenvalue weighted by atomic mass is 16.1. The maximum Gasteiger partial charge on any atom is 0.156 e. The van der Waals surface area contributed by atoms with Crippen LogP contribution in [0.1, 0.15) is 33.1 Å². The van der Waals surface area contributed by atoms with Gasteiger partial charge in [0.25, 0.3) is 0 Å². The van der Waals surface area contributed by atoms with Crippen LogP contribution in [0.25, 0.3) is 0 Å². The number of carbonyl (C=O) groups excluding carboxylic acids is 1. The van der Waals surface area contributed by atoms with Crippen LogP contribution >= 0.6 is 0 Å². The van der Waals surface area contributed by atoms with E-state index in [9.17, 15) is 4.79 Å². The smallest absolute Gasteiger partial charge is 0.156 e. The van der Waals surface area contributed by atoms with Gasteiger partial charge in [-0.2, -0.15) is 0 Å². The molecule has 0 spiro atoms. The molecule has 0 heterocycles. The van der Waals surface area contributed by atoms with E-state index >= 15 is 0 Å². The number of ketones is 1. The van der Waals surface area contributed by atoms with Crippen LogP contribution < -0.4 is 0 Å². The highest BCUT2D eigenvalue weighted by Crippen LogP contribution is 2.46. The minimum absolute atomic E-state index is 0.142. The molecule has 2 atom stereocenters. The van der Waals surface area contributed by atoms with E-state index in [-0.39, 0.29) is 5.41 Å². The Hall–Kier alpha value is -0.850. The van der Waals surface area contributed by atoms with Crippen molar-refractivity contribution in [3.8, 4) is 0 Å². The van der Waals surface area contributed by atoms with Gasteiger partial charge in [0, 0.05) is 6.42 Å². The summed E-state index contributed by atoms with van der Waals surface area (Å²) in [5, 5.41) is 0. The van der Waals surface area contributed by atoms with Crippen molar-refractivity contribution in [3.63, 3.8) is 0 Å². The molecule has 2 aliphatic rings. The molecule has 2 unspecified atom stereocenters. The highest BCUT2D eigenvalue weighted by Gasteiger charge is 2.38. The fourth-order valence-electron chi connectivity index (χ4n) is 2.58. The summed E-state index contributed by atoms with van der Waals surface area (Å²) in [4.78, 5) is 11.4. The van der Waals surface area contributed by atoms with E-state index in [1.165, 1.54) is 5.57 Å². The molecule has 0 aromatic rings. The molecule has 1 heteroatoms. The molecule has 70 valence electrons. The lowest BCUT2D eigenvalue weighted by Crippen LogP contribution is -2.18. The molecule has 0 amide bonds. The van der Waals surface area contributed by atoms with E-state index in [2.05, 4.69) is 26.0 Å². The average molecular weight is 176 g/mol. The summed E-state index contributed by atoms with van der Waals surface area (Å²) in [5.74, 6) is 0.870. The molecular formula is C12H16O. The average Bonchev–Trinajstić information content (AvgIpc) is 2.29. The van der Waals surface area contributed by atoms with E-state index in [0.717, 1.165) is 19.3 Å². The van der Waals surface area contributed by atoms with Crippen molar-refractivity contribution in [2.75, 3.05) is 0 Å². The van der Waals surface area contributed by atoms with Crippen LogP contribution in [0.5, 0.6) is 0 Å². The lowest BCUT2D eigenvalue weighted by atomic mass is 9.76. The van der Waals surface area contributed by atoms with E-state index in [1.54, 1.807) is 0 Å². The molecular weight excluding hydrogens is 160 g/mol. The third-order valence-corrected chi connectivity index (χ3v) is 3.33. The van der Waals surface area contributed by atoms with Crippen LogP contribution in [0.2, 0.25) is 0 Å². The summed E-state index contributed by atoms with van der Waals surface area (Å²) < 4.78 is 0. The minimum atomic E-state index is 0.142. The Kier molecular flexibility index (Phi) is 1.90. The van der Waals surface area contributed by atoms with Crippen molar-refractivity contribution in [1.82, 2.24) is 0 Å². The van der Waals surface area contributed by atoms with Gasteiger partial charge in [0.2, 0.25) is 0 Å². The van der Waals surface area contributed by atoms with Crippen molar-refractivity contribution in [2.45, 2.75) is 33.1 Å². The van der Waals surface area contributed by atoms with Gasteiger partial charge < -0.3 is 0 Å². The fourth-order valence-corrected chi connectivity index (χ4v) is 2.58. The van der Waals surface area contributed by atoms with E-state index in [0.29, 0.717) is 11.7 Å². The molecule has 0 aromatic carbocycles. The molecule has 13 heavy (non-hydrogen) atoms. The largest absolute Gasteiger partial charge is 0.295 e. The first-order valence-corrected chi connectivity index (χ1v) is 5.02. The van der Waals surface area contributed by atoms with Crippen LogP contribution in [0, 0.1) is 11.3 Å². The van der Waals surface area contributed by atoms with Gasteiger partial charge in [0.15, 0.2) is 5.78 Å². The van der Waals surface area contributed by atoms with E-state index < -0.39 is 0 Å². The topological polar surface area (TPSA) is 17.1 Å². The summed E-state index contributed by atoms with van der Waals surface area (Å²) in [6.45, 7) is 4.44. The van der Waals surface area contributed by atoms with Crippen molar-refractivity contribution < 1.29 is 4.79 Å². The van der Waals surface area contributed by atoms with Crippen molar-refractivity contribution in [2.24, 2.45) is 11.3 Å². The number of hydrogen-bond donors (Lipinski definition) is 0. The SMILES string of the molecule is CC1CC=CCC2(C)CC(=O)C=C12. The quantitative estimate of drug-likeness (QED) is 0.519. The van der Waals surface area contributed by atoms with Crippen LogP contribution in [-0.4, -0.2) is 5.78 Å². The van der Waals surface area contributed by atoms with Crippen molar-refractivity contribution in [1.29, 1.82) is 0 Å². The van der Waals surface area contributed by atoms with Crippen LogP contribution in [0.15, 0.2) is 23.8 Å². The predicted octanol–water partition coefficient (Wildman–Crippen LogP) is 2.88. The first kappa shape index (κ1) is 8.74. The monoisotopic (exact) mass is 176 g/mol. The molecule has 1 nitrogen and oxygen atoms in total. The zero-order chi connectivity index (χ0) is 9.47. The zero-order valence-corrected chi connectivity index (χ0v) is 8.34. The molecule has 0 aromatic heterocycles. The number of hydrogen-bond acceptors (Lipinski definition) is 1. The van der Waals surface area contributed by atoms with Gasteiger partial charge in [-0.15, -0.1) is 0 Å². The Morgan fingerprint density at radius 2 is 2.23 bits per heavy atom. The highest BCUT2D eigenvalue weighted by molar-refractivity contribution is 5.94. The Morgan fingerprint density at radius 3 is 3.00 bits per heavy atom. The lowest BCUT2D eigenvalue weighted by Gasteiger charge is -2.27. The van der Waals surface area contributed by atoms with Crippen LogP contribution in [0.4, 0.5) is 0 Å². The first-order chi connectivity index (χ1) is 6.12. The summed E-state index contributed by atoms with van der Waals surface area (Å²) in [6.07, 6.45) is 9.22. The molecule has 2 rings (SSSR count). The maximum atomic E-state index is 11.4. The summed E-state index contributed by atoms with van der Waals surface area (Å²) in [7, 11) is 0. The maximum absolute atomic E-state index is 11.4. The number of rotatable bonds is 0. The summed E-state index contributed by atoms with van der Waals surface area (Å²) in [6, 6.07) is 0. The Labute approximate surface area is 79.5 Å². The standard InChI is InChI=1S/C12H16O/c1-9-5-3-4-6-12(2)8-10(13)7-11(9)12/h3-4,7,9H,5-6,8H2,1-2H3. The second kappa shape index (κ2) is 2.83. The van der Waals surface area contributed by atoms with Gasteiger partial charge >= 0.3 is 0 Å². The third-order valence-electron chi connectivity index (χ3n) is 3.33. The van der Waals surface area contributed by atoms with Gasteiger partial charge in [-0.3, -0.25) is 4.79 Å². The molecule has 0 N–H and O–H groups in total. The lowest BCUT2D eigenvalue weighted by molar-refractivity contribution is -0.115. The van der Waals surface area contributed by atoms with E-state index in [1.807, 2.05) is 6.08 Å². The van der Waals surface area contributed by atoms with Gasteiger partial charge in [-0.05, 0) is 30.3 Å². The second-order valence-electron chi connectivity index (χ2n) is 4.62. The van der Waals surface area contributed by atoms with Gasteiger partial charge in [-0.25, -0.2) is 0 Å². The molecule has 0 saturated carbocycles. The minimum Gasteiger partial charge on any atom is -0.295 e. The Bertz CT molecular complexity index is 298. The molecule has 0 fully saturated rings. The van der Waals surface area contributed by atoms with Gasteiger partial charge in [0.05, 0.1) is 0 Å². The molecule has 0 radical (unpaired) electrons.